The standard InChI is InChI=1S/C19H22N2O3S/c1-25(23,24)18-7-5-15(6-8-18)13-19(22)21-11-9-16(14-21)12-17-4-2-3-10-20-17/h2-8,10,16H,9,11-14H2,1H3. The normalized spacial score (nSPS) is 17.6. The maximum Gasteiger partial charge on any atom is 0.226 e. The van der Waals surface area contributed by atoms with Crippen LogP contribution in [0.15, 0.2) is 53.6 Å². The molecule has 1 atom stereocenters. The third-order valence-electron chi connectivity index (χ3n) is 4.57. The van der Waals surface area contributed by atoms with Crippen molar-refractivity contribution in [1.29, 1.82) is 0 Å². The minimum Gasteiger partial charge on any atom is -0.342 e. The molecule has 1 aromatic carbocycles. The van der Waals surface area contributed by atoms with Gasteiger partial charge < -0.3 is 4.90 Å². The van der Waals surface area contributed by atoms with E-state index in [0.29, 0.717) is 12.3 Å². The molecule has 5 nitrogen and oxygen atoms in total. The number of carbonyl (C=O) groups excluding carboxylic acids is 1. The molecule has 132 valence electrons. The van der Waals surface area contributed by atoms with Gasteiger partial charge in [0.15, 0.2) is 9.84 Å². The van der Waals surface area contributed by atoms with Crippen LogP contribution in [0.5, 0.6) is 0 Å². The van der Waals surface area contributed by atoms with Crippen LogP contribution in [0.3, 0.4) is 0 Å². The minimum absolute atomic E-state index is 0.0932. The highest BCUT2D eigenvalue weighted by molar-refractivity contribution is 7.90. The number of benzene rings is 1. The Balaban J connectivity index is 1.55. The maximum atomic E-state index is 12.5. The molecule has 0 saturated carbocycles. The van der Waals surface area contributed by atoms with Crippen LogP contribution in [0.4, 0.5) is 0 Å². The van der Waals surface area contributed by atoms with E-state index in [1.54, 1.807) is 30.5 Å². The molecule has 6 heteroatoms. The molecule has 0 radical (unpaired) electrons. The highest BCUT2D eigenvalue weighted by Crippen LogP contribution is 2.21. The van der Waals surface area contributed by atoms with E-state index in [2.05, 4.69) is 4.98 Å². The topological polar surface area (TPSA) is 67.3 Å². The van der Waals surface area contributed by atoms with E-state index in [1.807, 2.05) is 23.1 Å². The Bertz CT molecular complexity index is 833. The zero-order valence-electron chi connectivity index (χ0n) is 14.3. The van der Waals surface area contributed by atoms with Crippen molar-refractivity contribution < 1.29 is 13.2 Å². The molecule has 1 aromatic heterocycles. The lowest BCUT2D eigenvalue weighted by Gasteiger charge is -2.16. The van der Waals surface area contributed by atoms with E-state index in [4.69, 9.17) is 0 Å². The van der Waals surface area contributed by atoms with Gasteiger partial charge >= 0.3 is 0 Å². The van der Waals surface area contributed by atoms with Gasteiger partial charge in [-0.1, -0.05) is 18.2 Å². The van der Waals surface area contributed by atoms with Crippen molar-refractivity contribution in [2.24, 2.45) is 5.92 Å². The number of hydrogen-bond donors (Lipinski definition) is 0. The number of likely N-dealkylation sites (tertiary alicyclic amines) is 1. The summed E-state index contributed by atoms with van der Waals surface area (Å²) in [6.45, 7) is 1.54. The van der Waals surface area contributed by atoms with Crippen LogP contribution in [-0.4, -0.2) is 43.6 Å². The number of carbonyl (C=O) groups is 1. The molecule has 0 N–H and O–H groups in total. The van der Waals surface area contributed by atoms with Crippen LogP contribution in [0.1, 0.15) is 17.7 Å². The van der Waals surface area contributed by atoms with Crippen LogP contribution < -0.4 is 0 Å². The number of aromatic nitrogens is 1. The summed E-state index contributed by atoms with van der Waals surface area (Å²) in [6, 6.07) is 12.5. The molecule has 1 aliphatic rings. The van der Waals surface area contributed by atoms with E-state index in [-0.39, 0.29) is 10.8 Å². The van der Waals surface area contributed by atoms with Crippen LogP contribution >= 0.6 is 0 Å². The fourth-order valence-corrected chi connectivity index (χ4v) is 3.81. The van der Waals surface area contributed by atoms with E-state index in [0.717, 1.165) is 37.2 Å². The van der Waals surface area contributed by atoms with Crippen molar-refractivity contribution in [2.75, 3.05) is 19.3 Å². The summed E-state index contributed by atoms with van der Waals surface area (Å²) in [5.41, 5.74) is 1.91. The van der Waals surface area contributed by atoms with Gasteiger partial charge in [0.05, 0.1) is 11.3 Å². The van der Waals surface area contributed by atoms with Gasteiger partial charge in [-0.3, -0.25) is 9.78 Å². The SMILES string of the molecule is CS(=O)(=O)c1ccc(CC(=O)N2CCC(Cc3ccccn3)C2)cc1. The van der Waals surface area contributed by atoms with Crippen molar-refractivity contribution in [3.63, 3.8) is 0 Å². The van der Waals surface area contributed by atoms with Gasteiger partial charge in [-0.25, -0.2) is 8.42 Å². The van der Waals surface area contributed by atoms with Crippen LogP contribution in [0.25, 0.3) is 0 Å². The Kier molecular flexibility index (Phi) is 5.18. The van der Waals surface area contributed by atoms with Gasteiger partial charge in [-0.2, -0.15) is 0 Å². The lowest BCUT2D eigenvalue weighted by Crippen LogP contribution is -2.30. The zero-order chi connectivity index (χ0) is 17.9. The predicted molar refractivity (Wildman–Crippen MR) is 95.9 cm³/mol. The Hall–Kier alpha value is -2.21. The van der Waals surface area contributed by atoms with Crippen molar-refractivity contribution in [3.05, 3.63) is 59.9 Å². The zero-order valence-corrected chi connectivity index (χ0v) is 15.1. The number of sulfone groups is 1. The Morgan fingerprint density at radius 3 is 2.60 bits per heavy atom. The van der Waals surface area contributed by atoms with Crippen molar-refractivity contribution in [1.82, 2.24) is 9.88 Å². The molecular formula is C19H22N2O3S. The molecule has 1 aliphatic heterocycles. The number of pyridine rings is 1. The fourth-order valence-electron chi connectivity index (χ4n) is 3.18. The summed E-state index contributed by atoms with van der Waals surface area (Å²) < 4.78 is 23.0. The second kappa shape index (κ2) is 7.35. The van der Waals surface area contributed by atoms with E-state index < -0.39 is 9.84 Å². The summed E-state index contributed by atoms with van der Waals surface area (Å²) in [5, 5.41) is 0. The highest BCUT2D eigenvalue weighted by Gasteiger charge is 2.26. The molecule has 1 saturated heterocycles. The van der Waals surface area contributed by atoms with Gasteiger partial charge in [0.25, 0.3) is 0 Å². The molecule has 3 rings (SSSR count). The molecule has 25 heavy (non-hydrogen) atoms. The molecule has 2 heterocycles. The van der Waals surface area contributed by atoms with Crippen LogP contribution in [0, 0.1) is 5.92 Å². The summed E-state index contributed by atoms with van der Waals surface area (Å²) in [4.78, 5) is 19.0. The lowest BCUT2D eigenvalue weighted by atomic mass is 10.0. The van der Waals surface area contributed by atoms with Gasteiger partial charge in [-0.15, -0.1) is 0 Å². The molecule has 2 aromatic rings. The average Bonchev–Trinajstić information content (AvgIpc) is 3.04. The summed E-state index contributed by atoms with van der Waals surface area (Å²) in [7, 11) is -3.20. The summed E-state index contributed by atoms with van der Waals surface area (Å²) in [5.74, 6) is 0.544. The lowest BCUT2D eigenvalue weighted by molar-refractivity contribution is -0.129. The second-order valence-electron chi connectivity index (χ2n) is 6.61. The number of nitrogens with zero attached hydrogens (tertiary/aromatic N) is 2. The van der Waals surface area contributed by atoms with Gasteiger partial charge in [0.2, 0.25) is 5.91 Å². The molecule has 1 unspecified atom stereocenters. The first-order valence-electron chi connectivity index (χ1n) is 8.38. The molecule has 0 aliphatic carbocycles. The third kappa shape index (κ3) is 4.66. The maximum absolute atomic E-state index is 12.5. The number of hydrogen-bond acceptors (Lipinski definition) is 4. The van der Waals surface area contributed by atoms with Gasteiger partial charge in [0.1, 0.15) is 0 Å². The van der Waals surface area contributed by atoms with E-state index in [9.17, 15) is 13.2 Å². The highest BCUT2D eigenvalue weighted by atomic mass is 32.2. The molecule has 0 bridgehead atoms. The smallest absolute Gasteiger partial charge is 0.226 e. The third-order valence-corrected chi connectivity index (χ3v) is 5.70. The Morgan fingerprint density at radius 2 is 1.96 bits per heavy atom. The van der Waals surface area contributed by atoms with Gasteiger partial charge in [-0.05, 0) is 48.6 Å². The van der Waals surface area contributed by atoms with Crippen molar-refractivity contribution in [2.45, 2.75) is 24.2 Å². The van der Waals surface area contributed by atoms with Crippen LogP contribution in [-0.2, 0) is 27.5 Å². The summed E-state index contributed by atoms with van der Waals surface area (Å²) >= 11 is 0. The van der Waals surface area contributed by atoms with Crippen LogP contribution in [0.2, 0.25) is 0 Å². The Morgan fingerprint density at radius 1 is 1.20 bits per heavy atom. The first kappa shape index (κ1) is 17.6. The predicted octanol–water partition coefficient (Wildman–Crippen LogP) is 2.12. The first-order valence-corrected chi connectivity index (χ1v) is 10.3. The first-order chi connectivity index (χ1) is 11.9. The monoisotopic (exact) mass is 358 g/mol. The van der Waals surface area contributed by atoms with E-state index in [1.165, 1.54) is 6.26 Å². The second-order valence-corrected chi connectivity index (χ2v) is 8.63. The molecular weight excluding hydrogens is 336 g/mol. The Labute approximate surface area is 148 Å². The molecule has 1 fully saturated rings. The van der Waals surface area contributed by atoms with Crippen molar-refractivity contribution in [3.8, 4) is 0 Å². The number of amides is 1. The van der Waals surface area contributed by atoms with Crippen molar-refractivity contribution >= 4 is 15.7 Å². The largest absolute Gasteiger partial charge is 0.342 e. The molecule has 1 amide bonds. The average molecular weight is 358 g/mol. The van der Waals surface area contributed by atoms with E-state index >= 15 is 0 Å². The molecule has 0 spiro atoms. The number of rotatable bonds is 5. The fraction of sp³-hybridized carbons (Fsp3) is 0.368. The van der Waals surface area contributed by atoms with Gasteiger partial charge in [0, 0.05) is 31.2 Å². The summed E-state index contributed by atoms with van der Waals surface area (Å²) in [6.07, 6.45) is 5.18. The minimum atomic E-state index is -3.20. The quantitative estimate of drug-likeness (QED) is 0.821.